The lowest BCUT2D eigenvalue weighted by atomic mass is 10.1. The molecule has 3 aromatic rings. The number of aliphatic hydroxyl groups excluding tert-OH is 1. The molecular formula is C27H36N4O4S. The Morgan fingerprint density at radius 3 is 2.53 bits per heavy atom. The number of aromatic nitrogens is 2. The molecule has 1 aliphatic rings. The molecule has 0 radical (unpaired) electrons. The maximum absolute atomic E-state index is 13.2. The van der Waals surface area contributed by atoms with E-state index in [0.717, 1.165) is 41.6 Å². The number of hydrogen-bond donors (Lipinski definition) is 2. The second-order valence-electron chi connectivity index (χ2n) is 9.48. The molecule has 36 heavy (non-hydrogen) atoms. The van der Waals surface area contributed by atoms with E-state index < -0.39 is 0 Å². The number of benzene rings is 1. The quantitative estimate of drug-likeness (QED) is 0.400. The van der Waals surface area contributed by atoms with Crippen LogP contribution in [0.4, 0.5) is 5.69 Å². The van der Waals surface area contributed by atoms with Crippen molar-refractivity contribution in [3.8, 4) is 5.75 Å². The number of likely N-dealkylation sites (tertiary alicyclic amines) is 1. The van der Waals surface area contributed by atoms with Crippen LogP contribution in [0.5, 0.6) is 5.75 Å². The van der Waals surface area contributed by atoms with Crippen molar-refractivity contribution in [3.63, 3.8) is 0 Å². The van der Waals surface area contributed by atoms with E-state index in [2.05, 4.69) is 23.8 Å². The predicted molar refractivity (Wildman–Crippen MR) is 143 cm³/mol. The van der Waals surface area contributed by atoms with Gasteiger partial charge >= 0.3 is 0 Å². The van der Waals surface area contributed by atoms with Crippen molar-refractivity contribution in [3.05, 3.63) is 40.4 Å². The van der Waals surface area contributed by atoms with Gasteiger partial charge in [-0.25, -0.2) is 0 Å². The number of aliphatic hydroxyl groups is 1. The molecular weight excluding hydrogens is 476 g/mol. The maximum atomic E-state index is 13.2. The summed E-state index contributed by atoms with van der Waals surface area (Å²) in [4.78, 5) is 29.5. The zero-order chi connectivity index (χ0) is 25.8. The summed E-state index contributed by atoms with van der Waals surface area (Å²) in [6, 6.07) is 7.36. The van der Waals surface area contributed by atoms with Gasteiger partial charge in [0.1, 0.15) is 10.6 Å². The van der Waals surface area contributed by atoms with Gasteiger partial charge in [-0.15, -0.1) is 11.3 Å². The summed E-state index contributed by atoms with van der Waals surface area (Å²) in [5.41, 5.74) is 1.95. The molecule has 0 spiro atoms. The van der Waals surface area contributed by atoms with Crippen LogP contribution in [-0.2, 0) is 0 Å². The topological polar surface area (TPSA) is 96.7 Å². The molecule has 1 saturated heterocycles. The number of anilines is 1. The van der Waals surface area contributed by atoms with Gasteiger partial charge in [-0.2, -0.15) is 5.10 Å². The van der Waals surface area contributed by atoms with Crippen LogP contribution >= 0.6 is 11.3 Å². The van der Waals surface area contributed by atoms with Gasteiger partial charge in [0.2, 0.25) is 0 Å². The number of carbonyl (C=O) groups is 2. The third kappa shape index (κ3) is 5.42. The second-order valence-corrected chi connectivity index (χ2v) is 10.5. The Balaban J connectivity index is 1.53. The summed E-state index contributed by atoms with van der Waals surface area (Å²) < 4.78 is 7.60. The minimum absolute atomic E-state index is 0.130. The molecule has 9 heteroatoms. The number of methoxy groups -OCH3 is 1. The summed E-state index contributed by atoms with van der Waals surface area (Å²) in [6.07, 6.45) is 5.10. The zero-order valence-electron chi connectivity index (χ0n) is 21.5. The molecule has 194 valence electrons. The fourth-order valence-corrected chi connectivity index (χ4v) is 5.99. The maximum Gasteiger partial charge on any atom is 0.265 e. The van der Waals surface area contributed by atoms with E-state index in [4.69, 9.17) is 9.84 Å². The van der Waals surface area contributed by atoms with Gasteiger partial charge in [-0.3, -0.25) is 14.3 Å². The molecule has 0 saturated carbocycles. The van der Waals surface area contributed by atoms with Crippen molar-refractivity contribution in [2.45, 2.75) is 71.4 Å². The highest BCUT2D eigenvalue weighted by Crippen LogP contribution is 2.34. The first-order valence-electron chi connectivity index (χ1n) is 12.8. The Morgan fingerprint density at radius 2 is 1.89 bits per heavy atom. The molecule has 1 fully saturated rings. The average molecular weight is 513 g/mol. The number of aryl methyl sites for hydroxylation is 1. The smallest absolute Gasteiger partial charge is 0.265 e. The molecule has 8 nitrogen and oxygen atoms in total. The molecule has 2 amide bonds. The van der Waals surface area contributed by atoms with Gasteiger partial charge in [0.25, 0.3) is 11.8 Å². The number of fused-ring (bicyclic) bond motifs is 1. The first-order valence-corrected chi connectivity index (χ1v) is 13.6. The number of ether oxygens (including phenoxy) is 1. The number of carbonyl (C=O) groups excluding carboxylic acids is 2. The van der Waals surface area contributed by atoms with Crippen LogP contribution in [0.1, 0.15) is 84.1 Å². The molecule has 3 heterocycles. The molecule has 2 aromatic heterocycles. The number of nitrogens with one attached hydrogen (secondary N) is 1. The largest absolute Gasteiger partial charge is 0.496 e. The molecule has 0 unspecified atom stereocenters. The van der Waals surface area contributed by atoms with Crippen LogP contribution in [0.25, 0.3) is 10.2 Å². The number of thiophene rings is 1. The summed E-state index contributed by atoms with van der Waals surface area (Å²) in [6.45, 7) is 7.40. The number of amides is 2. The Morgan fingerprint density at radius 1 is 1.19 bits per heavy atom. The van der Waals surface area contributed by atoms with Crippen LogP contribution in [0, 0.1) is 6.92 Å². The van der Waals surface area contributed by atoms with Crippen molar-refractivity contribution in [1.82, 2.24) is 14.7 Å². The first-order chi connectivity index (χ1) is 17.4. The molecule has 0 aliphatic carbocycles. The van der Waals surface area contributed by atoms with Gasteiger partial charge in [0.05, 0.1) is 35.4 Å². The minimum atomic E-state index is -0.349. The SMILES string of the molecule is CCCC(CCC)n1nc(C)c2cc(C(=O)Nc3ccc(C(=O)N4CCC(O)CC4)c(OC)c3)sc21. The number of piperidine rings is 1. The third-order valence-corrected chi connectivity index (χ3v) is 7.95. The first kappa shape index (κ1) is 26.2. The molecule has 0 bridgehead atoms. The lowest BCUT2D eigenvalue weighted by Gasteiger charge is -2.30. The zero-order valence-corrected chi connectivity index (χ0v) is 22.4. The Bertz CT molecular complexity index is 1220. The van der Waals surface area contributed by atoms with Crippen molar-refractivity contribution < 1.29 is 19.4 Å². The van der Waals surface area contributed by atoms with Crippen LogP contribution in [0.15, 0.2) is 24.3 Å². The fraction of sp³-hybridized carbons (Fsp3) is 0.519. The molecule has 2 N–H and O–H groups in total. The van der Waals surface area contributed by atoms with Crippen LogP contribution in [0.2, 0.25) is 0 Å². The highest BCUT2D eigenvalue weighted by atomic mass is 32.1. The van der Waals surface area contributed by atoms with Crippen LogP contribution in [0.3, 0.4) is 0 Å². The van der Waals surface area contributed by atoms with E-state index >= 15 is 0 Å². The molecule has 1 aromatic carbocycles. The average Bonchev–Trinajstić information content (AvgIpc) is 3.44. The standard InChI is InChI=1S/C27H36N4O4S/c1-5-7-19(8-6-2)31-27-22(17(3)29-31)16-24(36-27)25(33)28-18-9-10-21(23(15-18)35-4)26(34)30-13-11-20(32)12-14-30/h9-10,15-16,19-20,32H,5-8,11-14H2,1-4H3,(H,28,33). The lowest BCUT2D eigenvalue weighted by molar-refractivity contribution is 0.0544. The van der Waals surface area contributed by atoms with E-state index in [0.29, 0.717) is 53.9 Å². The summed E-state index contributed by atoms with van der Waals surface area (Å²) in [5, 5.41) is 18.5. The van der Waals surface area contributed by atoms with E-state index in [1.807, 2.05) is 13.0 Å². The highest BCUT2D eigenvalue weighted by Gasteiger charge is 2.25. The van der Waals surface area contributed by atoms with Crippen LogP contribution < -0.4 is 10.1 Å². The lowest BCUT2D eigenvalue weighted by Crippen LogP contribution is -2.40. The summed E-state index contributed by atoms with van der Waals surface area (Å²) in [7, 11) is 1.52. The molecule has 0 atom stereocenters. The van der Waals surface area contributed by atoms with Crippen molar-refractivity contribution >= 4 is 39.1 Å². The second kappa shape index (κ2) is 11.4. The summed E-state index contributed by atoms with van der Waals surface area (Å²) >= 11 is 1.47. The number of nitrogens with zero attached hydrogens (tertiary/aromatic N) is 3. The van der Waals surface area contributed by atoms with Crippen molar-refractivity contribution in [2.24, 2.45) is 0 Å². The van der Waals surface area contributed by atoms with Gasteiger partial charge in [0.15, 0.2) is 0 Å². The Kier molecular flexibility index (Phi) is 8.31. The van der Waals surface area contributed by atoms with E-state index in [9.17, 15) is 14.7 Å². The Labute approximate surface area is 216 Å². The van der Waals surface area contributed by atoms with Gasteiger partial charge in [-0.1, -0.05) is 26.7 Å². The van der Waals surface area contributed by atoms with E-state index in [1.54, 1.807) is 23.1 Å². The monoisotopic (exact) mass is 512 g/mol. The third-order valence-electron chi connectivity index (χ3n) is 6.82. The van der Waals surface area contributed by atoms with Crippen LogP contribution in [-0.4, -0.2) is 57.9 Å². The van der Waals surface area contributed by atoms with E-state index in [-0.39, 0.29) is 17.9 Å². The fourth-order valence-electron chi connectivity index (χ4n) is 4.86. The normalized spacial score (nSPS) is 14.6. The van der Waals surface area contributed by atoms with Gasteiger partial charge < -0.3 is 20.1 Å². The summed E-state index contributed by atoms with van der Waals surface area (Å²) in [5.74, 6) is 0.0828. The van der Waals surface area contributed by atoms with Crippen molar-refractivity contribution in [1.29, 1.82) is 0 Å². The highest BCUT2D eigenvalue weighted by molar-refractivity contribution is 7.20. The number of hydrogen-bond acceptors (Lipinski definition) is 6. The predicted octanol–water partition coefficient (Wildman–Crippen LogP) is 5.41. The minimum Gasteiger partial charge on any atom is -0.496 e. The van der Waals surface area contributed by atoms with Gasteiger partial charge in [-0.05, 0) is 50.8 Å². The Hall–Kier alpha value is -2.91. The number of rotatable bonds is 9. The van der Waals surface area contributed by atoms with E-state index in [1.165, 1.54) is 18.4 Å². The van der Waals surface area contributed by atoms with Gasteiger partial charge in [0, 0.05) is 30.2 Å². The van der Waals surface area contributed by atoms with Crippen molar-refractivity contribution in [2.75, 3.05) is 25.5 Å². The molecule has 4 rings (SSSR count). The molecule has 1 aliphatic heterocycles.